The van der Waals surface area contributed by atoms with Crippen molar-refractivity contribution >= 4 is 17.5 Å². The van der Waals surface area contributed by atoms with E-state index in [1.165, 1.54) is 6.92 Å². The third-order valence-corrected chi connectivity index (χ3v) is 1.39. The molecule has 1 atom stereocenters. The first-order chi connectivity index (χ1) is 4.63. The first-order valence-corrected chi connectivity index (χ1v) is 2.84. The number of carbonyl (C=O) groups excluding carboxylic acids is 3. The summed E-state index contributed by atoms with van der Waals surface area (Å²) >= 11 is 0. The molecule has 1 heterocycles. The molecule has 0 saturated carbocycles. The van der Waals surface area contributed by atoms with Crippen molar-refractivity contribution in [2.45, 2.75) is 6.92 Å². The van der Waals surface area contributed by atoms with E-state index in [1.807, 2.05) is 0 Å². The molecule has 54 valence electrons. The van der Waals surface area contributed by atoms with Crippen LogP contribution in [0.2, 0.25) is 0 Å². The maximum atomic E-state index is 10.7. The number of rotatable bonds is 1. The lowest BCUT2D eigenvalue weighted by molar-refractivity contribution is -0.147. The molecular formula is C6H6O4. The summed E-state index contributed by atoms with van der Waals surface area (Å²) in [5.74, 6) is -2.75. The third kappa shape index (κ3) is 0.920. The fraction of sp³-hybridized carbons (Fsp3) is 0.500. The zero-order chi connectivity index (χ0) is 7.72. The van der Waals surface area contributed by atoms with Crippen molar-refractivity contribution in [2.75, 3.05) is 6.61 Å². The van der Waals surface area contributed by atoms with Gasteiger partial charge >= 0.3 is 5.97 Å². The Morgan fingerprint density at radius 1 is 1.60 bits per heavy atom. The van der Waals surface area contributed by atoms with Gasteiger partial charge in [0, 0.05) is 0 Å². The highest BCUT2D eigenvalue weighted by molar-refractivity contribution is 6.40. The number of esters is 1. The van der Waals surface area contributed by atoms with Crippen molar-refractivity contribution in [3.05, 3.63) is 0 Å². The molecule has 0 aromatic carbocycles. The number of Topliss-reactive ketones (excluding diaryl/α,β-unsaturated/α-hetero) is 2. The van der Waals surface area contributed by atoms with Crippen LogP contribution in [0.1, 0.15) is 6.92 Å². The minimum absolute atomic E-state index is 0.0764. The second kappa shape index (κ2) is 2.21. The van der Waals surface area contributed by atoms with Crippen LogP contribution in [0.5, 0.6) is 0 Å². The third-order valence-electron chi connectivity index (χ3n) is 1.39. The Morgan fingerprint density at radius 3 is 2.40 bits per heavy atom. The van der Waals surface area contributed by atoms with Crippen LogP contribution in [0.4, 0.5) is 0 Å². The van der Waals surface area contributed by atoms with Crippen LogP contribution in [0.25, 0.3) is 0 Å². The summed E-state index contributed by atoms with van der Waals surface area (Å²) in [7, 11) is 0. The summed E-state index contributed by atoms with van der Waals surface area (Å²) in [6.07, 6.45) is 0. The molecule has 0 aliphatic carbocycles. The van der Waals surface area contributed by atoms with Crippen LogP contribution in [0.15, 0.2) is 0 Å². The van der Waals surface area contributed by atoms with Gasteiger partial charge in [-0.3, -0.25) is 9.59 Å². The van der Waals surface area contributed by atoms with Crippen LogP contribution in [-0.2, 0) is 19.1 Å². The van der Waals surface area contributed by atoms with Gasteiger partial charge in [0.25, 0.3) is 5.78 Å². The van der Waals surface area contributed by atoms with Crippen molar-refractivity contribution in [1.29, 1.82) is 0 Å². The number of cyclic esters (lactones) is 1. The maximum absolute atomic E-state index is 10.7. The topological polar surface area (TPSA) is 60.4 Å². The zero-order valence-electron chi connectivity index (χ0n) is 5.42. The number of carbonyl (C=O) groups is 3. The molecule has 10 heavy (non-hydrogen) atoms. The van der Waals surface area contributed by atoms with Crippen molar-refractivity contribution in [2.24, 2.45) is 5.92 Å². The Labute approximate surface area is 57.2 Å². The molecule has 0 radical (unpaired) electrons. The van der Waals surface area contributed by atoms with Crippen molar-refractivity contribution < 1.29 is 19.1 Å². The predicted molar refractivity (Wildman–Crippen MR) is 30.1 cm³/mol. The number of ether oxygens (including phenoxy) is 1. The van der Waals surface area contributed by atoms with Gasteiger partial charge in [0.1, 0.15) is 18.3 Å². The molecule has 4 heteroatoms. The van der Waals surface area contributed by atoms with Gasteiger partial charge in [-0.25, -0.2) is 4.79 Å². The summed E-state index contributed by atoms with van der Waals surface area (Å²) in [5, 5.41) is 0. The smallest absolute Gasteiger partial charge is 0.375 e. The Hall–Kier alpha value is -1.19. The van der Waals surface area contributed by atoms with Gasteiger partial charge in [-0.2, -0.15) is 0 Å². The second-order valence-corrected chi connectivity index (χ2v) is 2.13. The van der Waals surface area contributed by atoms with Crippen molar-refractivity contribution in [3.8, 4) is 0 Å². The molecule has 0 N–H and O–H groups in total. The van der Waals surface area contributed by atoms with E-state index in [2.05, 4.69) is 4.74 Å². The maximum Gasteiger partial charge on any atom is 0.375 e. The minimum atomic E-state index is -0.889. The molecule has 4 nitrogen and oxygen atoms in total. The van der Waals surface area contributed by atoms with Gasteiger partial charge in [-0.05, 0) is 6.92 Å². The van der Waals surface area contributed by atoms with E-state index in [0.29, 0.717) is 0 Å². The molecule has 0 aromatic heterocycles. The molecule has 0 amide bonds. The SMILES string of the molecule is CC(=O)[C@@H]1COC(=O)C1=O. The average Bonchev–Trinajstić information content (AvgIpc) is 2.14. The highest BCUT2D eigenvalue weighted by Gasteiger charge is 2.37. The normalized spacial score (nSPS) is 24.7. The predicted octanol–water partition coefficient (Wildman–Crippen LogP) is -0.683. The summed E-state index contributed by atoms with van der Waals surface area (Å²) < 4.78 is 4.33. The van der Waals surface area contributed by atoms with Gasteiger partial charge in [-0.1, -0.05) is 0 Å². The molecule has 1 rings (SSSR count). The Bertz CT molecular complexity index is 206. The molecule has 1 aliphatic rings. The lowest BCUT2D eigenvalue weighted by atomic mass is 10.0. The highest BCUT2D eigenvalue weighted by atomic mass is 16.5. The van der Waals surface area contributed by atoms with E-state index in [1.54, 1.807) is 0 Å². The first kappa shape index (κ1) is 6.92. The van der Waals surface area contributed by atoms with Crippen LogP contribution in [0, 0.1) is 5.92 Å². The second-order valence-electron chi connectivity index (χ2n) is 2.13. The monoisotopic (exact) mass is 142 g/mol. The zero-order valence-corrected chi connectivity index (χ0v) is 5.42. The molecule has 1 aliphatic heterocycles. The van der Waals surface area contributed by atoms with Crippen LogP contribution in [-0.4, -0.2) is 24.1 Å². The first-order valence-electron chi connectivity index (χ1n) is 2.84. The lowest BCUT2D eigenvalue weighted by Gasteiger charge is -1.94. The van der Waals surface area contributed by atoms with Gasteiger partial charge in [0.15, 0.2) is 0 Å². The molecule has 0 spiro atoms. The fourth-order valence-corrected chi connectivity index (χ4v) is 0.750. The van der Waals surface area contributed by atoms with E-state index in [9.17, 15) is 14.4 Å². The number of hydrogen-bond donors (Lipinski definition) is 0. The highest BCUT2D eigenvalue weighted by Crippen LogP contribution is 2.10. The minimum Gasteiger partial charge on any atom is -0.459 e. The van der Waals surface area contributed by atoms with E-state index < -0.39 is 17.7 Å². The van der Waals surface area contributed by atoms with Crippen molar-refractivity contribution in [1.82, 2.24) is 0 Å². The van der Waals surface area contributed by atoms with E-state index in [4.69, 9.17) is 0 Å². The summed E-state index contributed by atoms with van der Waals surface area (Å²) in [4.78, 5) is 31.6. The van der Waals surface area contributed by atoms with Crippen LogP contribution in [0.3, 0.4) is 0 Å². The van der Waals surface area contributed by atoms with Gasteiger partial charge in [0.05, 0.1) is 0 Å². The van der Waals surface area contributed by atoms with E-state index >= 15 is 0 Å². The molecule has 1 fully saturated rings. The molecule has 0 bridgehead atoms. The summed E-state index contributed by atoms with van der Waals surface area (Å²) in [6, 6.07) is 0. The van der Waals surface area contributed by atoms with Crippen LogP contribution >= 0.6 is 0 Å². The van der Waals surface area contributed by atoms with Gasteiger partial charge in [-0.15, -0.1) is 0 Å². The van der Waals surface area contributed by atoms with E-state index in [0.717, 1.165) is 0 Å². The van der Waals surface area contributed by atoms with Gasteiger partial charge in [0.2, 0.25) is 0 Å². The standard InChI is InChI=1S/C6H6O4/c1-3(7)4-2-10-6(9)5(4)8/h4H,2H2,1H3/t4-/m0/s1. The summed E-state index contributed by atoms with van der Waals surface area (Å²) in [5.41, 5.74) is 0. The fourth-order valence-electron chi connectivity index (χ4n) is 0.750. The lowest BCUT2D eigenvalue weighted by Crippen LogP contribution is -2.21. The molecule has 1 saturated heterocycles. The number of ketones is 2. The summed E-state index contributed by atoms with van der Waals surface area (Å²) in [6.45, 7) is 1.19. The number of hydrogen-bond acceptors (Lipinski definition) is 4. The molecule has 0 aromatic rings. The Morgan fingerprint density at radius 2 is 2.20 bits per heavy atom. The quantitative estimate of drug-likeness (QED) is 0.276. The largest absolute Gasteiger partial charge is 0.459 e. The average molecular weight is 142 g/mol. The molecule has 0 unspecified atom stereocenters. The van der Waals surface area contributed by atoms with E-state index in [-0.39, 0.29) is 12.4 Å². The van der Waals surface area contributed by atoms with Crippen LogP contribution < -0.4 is 0 Å². The Balaban J connectivity index is 2.76. The molecular weight excluding hydrogens is 136 g/mol. The Kier molecular flexibility index (Phi) is 1.53. The van der Waals surface area contributed by atoms with Gasteiger partial charge < -0.3 is 4.74 Å². The van der Waals surface area contributed by atoms with Crippen molar-refractivity contribution in [3.63, 3.8) is 0 Å².